The maximum absolute atomic E-state index is 12.4. The first-order chi connectivity index (χ1) is 10.2. The van der Waals surface area contributed by atoms with Crippen LogP contribution in [0.1, 0.15) is 31.8 Å². The first-order valence-corrected chi connectivity index (χ1v) is 6.55. The maximum Gasteiger partial charge on any atom is 0.337 e. The molecule has 0 aromatic carbocycles. The van der Waals surface area contributed by atoms with E-state index in [1.165, 1.54) is 12.4 Å². The van der Waals surface area contributed by atoms with E-state index in [9.17, 15) is 9.59 Å². The van der Waals surface area contributed by atoms with Gasteiger partial charge < -0.3 is 10.0 Å². The molecule has 0 radical (unpaired) electrons. The normalized spacial score (nSPS) is 13.6. The third-order valence-corrected chi connectivity index (χ3v) is 3.57. The largest absolute Gasteiger partial charge is 0.478 e. The van der Waals surface area contributed by atoms with Crippen LogP contribution in [0, 0.1) is 0 Å². The van der Waals surface area contributed by atoms with E-state index < -0.39 is 5.97 Å². The Balaban J connectivity index is 1.87. The van der Waals surface area contributed by atoms with Crippen molar-refractivity contribution < 1.29 is 14.7 Å². The average Bonchev–Trinajstić information content (AvgIpc) is 2.53. The van der Waals surface area contributed by atoms with Crippen LogP contribution in [0.2, 0.25) is 0 Å². The quantitative estimate of drug-likeness (QED) is 0.900. The zero-order valence-electron chi connectivity index (χ0n) is 11.2. The summed E-state index contributed by atoms with van der Waals surface area (Å²) in [7, 11) is 0. The molecule has 106 valence electrons. The number of nitrogens with zero attached hydrogens (tertiary/aromatic N) is 3. The monoisotopic (exact) mass is 283 g/mol. The Morgan fingerprint density at radius 3 is 2.76 bits per heavy atom. The molecule has 0 saturated heterocycles. The Morgan fingerprint density at radius 2 is 2.05 bits per heavy atom. The number of aromatic carboxylic acids is 1. The molecule has 0 unspecified atom stereocenters. The number of carbonyl (C=O) groups excluding carboxylic acids is 1. The lowest BCUT2D eigenvalue weighted by Crippen LogP contribution is -2.36. The van der Waals surface area contributed by atoms with Crippen molar-refractivity contribution in [2.45, 2.75) is 13.0 Å². The molecule has 2 aromatic rings. The fourth-order valence-electron chi connectivity index (χ4n) is 2.52. The Hall–Kier alpha value is -2.76. The average molecular weight is 283 g/mol. The van der Waals surface area contributed by atoms with Crippen molar-refractivity contribution in [2.75, 3.05) is 6.54 Å². The van der Waals surface area contributed by atoms with Gasteiger partial charge in [-0.1, -0.05) is 0 Å². The summed E-state index contributed by atoms with van der Waals surface area (Å²) in [6, 6.07) is 3.44. The highest BCUT2D eigenvalue weighted by Crippen LogP contribution is 2.22. The van der Waals surface area contributed by atoms with Gasteiger partial charge >= 0.3 is 5.97 Å². The van der Waals surface area contributed by atoms with E-state index in [-0.39, 0.29) is 11.5 Å². The van der Waals surface area contributed by atoms with Crippen molar-refractivity contribution in [3.05, 3.63) is 59.2 Å². The Morgan fingerprint density at radius 1 is 1.19 bits per heavy atom. The lowest BCUT2D eigenvalue weighted by Gasteiger charge is -2.29. The molecule has 0 saturated carbocycles. The van der Waals surface area contributed by atoms with Crippen LogP contribution in [0.25, 0.3) is 0 Å². The van der Waals surface area contributed by atoms with Crippen LogP contribution in [0.15, 0.2) is 36.9 Å². The second kappa shape index (κ2) is 5.32. The van der Waals surface area contributed by atoms with E-state index in [2.05, 4.69) is 9.97 Å². The van der Waals surface area contributed by atoms with Crippen LogP contribution in [-0.4, -0.2) is 38.4 Å². The van der Waals surface area contributed by atoms with E-state index in [1.807, 2.05) is 0 Å². The van der Waals surface area contributed by atoms with Gasteiger partial charge in [0.25, 0.3) is 5.91 Å². The third kappa shape index (κ3) is 2.47. The second-order valence-corrected chi connectivity index (χ2v) is 4.85. The highest BCUT2D eigenvalue weighted by Gasteiger charge is 2.25. The smallest absolute Gasteiger partial charge is 0.337 e. The predicted octanol–water partition coefficient (Wildman–Crippen LogP) is 1.37. The molecule has 0 atom stereocenters. The fraction of sp³-hybridized carbons (Fsp3) is 0.200. The lowest BCUT2D eigenvalue weighted by atomic mass is 9.97. The number of rotatable bonds is 2. The number of pyridine rings is 2. The first-order valence-electron chi connectivity index (χ1n) is 6.55. The Bertz CT molecular complexity index is 701. The van der Waals surface area contributed by atoms with Crippen LogP contribution in [0.5, 0.6) is 0 Å². The van der Waals surface area contributed by atoms with E-state index in [4.69, 9.17) is 5.11 Å². The van der Waals surface area contributed by atoms with Crippen LogP contribution >= 0.6 is 0 Å². The number of carboxylic acid groups (broad SMARTS) is 1. The van der Waals surface area contributed by atoms with Crippen LogP contribution in [0.3, 0.4) is 0 Å². The maximum atomic E-state index is 12.4. The lowest BCUT2D eigenvalue weighted by molar-refractivity contribution is 0.0693. The van der Waals surface area contributed by atoms with Crippen molar-refractivity contribution in [2.24, 2.45) is 0 Å². The molecule has 1 amide bonds. The molecule has 0 fully saturated rings. The summed E-state index contributed by atoms with van der Waals surface area (Å²) in [5.41, 5.74) is 2.32. The van der Waals surface area contributed by atoms with Gasteiger partial charge in [0.05, 0.1) is 11.1 Å². The summed E-state index contributed by atoms with van der Waals surface area (Å²) in [5.74, 6) is -1.08. The molecule has 1 aliphatic rings. The van der Waals surface area contributed by atoms with Crippen LogP contribution < -0.4 is 0 Å². The predicted molar refractivity (Wildman–Crippen MR) is 73.9 cm³/mol. The van der Waals surface area contributed by atoms with Gasteiger partial charge in [-0.2, -0.15) is 0 Å². The van der Waals surface area contributed by atoms with Gasteiger partial charge in [-0.15, -0.1) is 0 Å². The molecule has 0 bridgehead atoms. The Labute approximate surface area is 121 Å². The molecule has 1 N–H and O–H groups in total. The fourth-order valence-corrected chi connectivity index (χ4v) is 2.52. The number of hydrogen-bond acceptors (Lipinski definition) is 4. The van der Waals surface area contributed by atoms with Gasteiger partial charge in [0.1, 0.15) is 0 Å². The van der Waals surface area contributed by atoms with Gasteiger partial charge in [0.2, 0.25) is 0 Å². The topological polar surface area (TPSA) is 83.4 Å². The summed E-state index contributed by atoms with van der Waals surface area (Å²) in [4.78, 5) is 33.1. The third-order valence-electron chi connectivity index (χ3n) is 3.57. The SMILES string of the molecule is O=C(O)c1cncc2c1CCN(C(=O)c1cccnc1)C2. The highest BCUT2D eigenvalue weighted by atomic mass is 16.4. The molecule has 0 aliphatic carbocycles. The minimum atomic E-state index is -0.980. The summed E-state index contributed by atoms with van der Waals surface area (Å²) in [6.45, 7) is 0.863. The van der Waals surface area contributed by atoms with Crippen molar-refractivity contribution >= 4 is 11.9 Å². The van der Waals surface area contributed by atoms with Crippen molar-refractivity contribution in [3.63, 3.8) is 0 Å². The number of carboxylic acids is 1. The van der Waals surface area contributed by atoms with Gasteiger partial charge in [0, 0.05) is 37.9 Å². The Kier molecular flexibility index (Phi) is 3.35. The van der Waals surface area contributed by atoms with Crippen LogP contribution in [0.4, 0.5) is 0 Å². The van der Waals surface area contributed by atoms with E-state index in [0.29, 0.717) is 25.1 Å². The summed E-state index contributed by atoms with van der Waals surface area (Å²) >= 11 is 0. The molecule has 3 heterocycles. The van der Waals surface area contributed by atoms with Gasteiger partial charge in [-0.3, -0.25) is 14.8 Å². The zero-order valence-corrected chi connectivity index (χ0v) is 11.2. The first kappa shape index (κ1) is 13.2. The standard InChI is InChI=1S/C15H13N3O3/c19-14(10-2-1-4-16-6-10)18-5-3-12-11(9-18)7-17-8-13(12)15(20)21/h1-2,4,6-8H,3,5,9H2,(H,20,21). The summed E-state index contributed by atoms with van der Waals surface area (Å²) in [6.07, 6.45) is 6.66. The number of aromatic nitrogens is 2. The summed E-state index contributed by atoms with van der Waals surface area (Å²) < 4.78 is 0. The van der Waals surface area contributed by atoms with E-state index in [0.717, 1.165) is 11.1 Å². The summed E-state index contributed by atoms with van der Waals surface area (Å²) in [5, 5.41) is 9.17. The van der Waals surface area contributed by atoms with Gasteiger partial charge in [-0.05, 0) is 29.7 Å². The highest BCUT2D eigenvalue weighted by molar-refractivity contribution is 5.94. The molecular formula is C15H13N3O3. The minimum Gasteiger partial charge on any atom is -0.478 e. The molecule has 6 nitrogen and oxygen atoms in total. The number of hydrogen-bond donors (Lipinski definition) is 1. The van der Waals surface area contributed by atoms with Crippen LogP contribution in [-0.2, 0) is 13.0 Å². The second-order valence-electron chi connectivity index (χ2n) is 4.85. The molecule has 6 heteroatoms. The van der Waals surface area contributed by atoms with E-state index in [1.54, 1.807) is 29.4 Å². The van der Waals surface area contributed by atoms with Gasteiger partial charge in [0.15, 0.2) is 0 Å². The molecule has 0 spiro atoms. The number of amides is 1. The van der Waals surface area contributed by atoms with Crippen molar-refractivity contribution in [3.8, 4) is 0 Å². The minimum absolute atomic E-state index is 0.102. The molecule has 3 rings (SSSR count). The van der Waals surface area contributed by atoms with Crippen molar-refractivity contribution in [1.82, 2.24) is 14.9 Å². The molecule has 21 heavy (non-hydrogen) atoms. The molecule has 2 aromatic heterocycles. The zero-order chi connectivity index (χ0) is 14.8. The molecular weight excluding hydrogens is 270 g/mol. The van der Waals surface area contributed by atoms with Gasteiger partial charge in [-0.25, -0.2) is 4.79 Å². The molecule has 1 aliphatic heterocycles. The van der Waals surface area contributed by atoms with Crippen molar-refractivity contribution in [1.29, 1.82) is 0 Å². The number of fused-ring (bicyclic) bond motifs is 1. The van der Waals surface area contributed by atoms with E-state index >= 15 is 0 Å². The number of carbonyl (C=O) groups is 2.